The third-order valence-corrected chi connectivity index (χ3v) is 6.55. The number of aromatic nitrogens is 2. The molecule has 0 aliphatic rings. The Balaban J connectivity index is 1.70. The first-order chi connectivity index (χ1) is 11.6. The van der Waals surface area contributed by atoms with Gasteiger partial charge < -0.3 is 5.11 Å². The molecule has 3 aromatic rings. The van der Waals surface area contributed by atoms with E-state index in [1.165, 1.54) is 6.07 Å². The summed E-state index contributed by atoms with van der Waals surface area (Å²) in [6.45, 7) is 0.383. The first kappa shape index (κ1) is 17.4. The molecule has 1 atom stereocenters. The number of hydrogen-bond donors (Lipinski definition) is 2. The summed E-state index contributed by atoms with van der Waals surface area (Å²) >= 11 is 2.60. The minimum Gasteiger partial charge on any atom is -0.396 e. The highest BCUT2D eigenvalue weighted by molar-refractivity contribution is 7.89. The number of nitrogens with zero attached hydrogens (tertiary/aromatic N) is 2. The van der Waals surface area contributed by atoms with Crippen LogP contribution in [-0.2, 0) is 10.0 Å². The molecule has 0 aliphatic carbocycles. The normalized spacial score (nSPS) is 13.4. The summed E-state index contributed by atoms with van der Waals surface area (Å²) in [5.41, 5.74) is 2.12. The van der Waals surface area contributed by atoms with Crippen molar-refractivity contribution in [1.82, 2.24) is 13.5 Å². The third kappa shape index (κ3) is 3.81. The zero-order valence-electron chi connectivity index (χ0n) is 12.8. The lowest BCUT2D eigenvalue weighted by molar-refractivity contribution is 0.273. The predicted octanol–water partition coefficient (Wildman–Crippen LogP) is 2.59. The van der Waals surface area contributed by atoms with Crippen LogP contribution < -0.4 is 4.72 Å². The molecule has 0 saturated carbocycles. The fourth-order valence-corrected chi connectivity index (χ4v) is 5.14. The van der Waals surface area contributed by atoms with E-state index in [0.717, 1.165) is 17.3 Å². The average molecular weight is 384 g/mol. The van der Waals surface area contributed by atoms with Crippen LogP contribution in [0.2, 0.25) is 0 Å². The van der Waals surface area contributed by atoms with Crippen LogP contribution in [0.25, 0.3) is 11.0 Å². The van der Waals surface area contributed by atoms with Crippen LogP contribution >= 0.6 is 23.1 Å². The van der Waals surface area contributed by atoms with E-state index < -0.39 is 10.0 Å². The van der Waals surface area contributed by atoms with Gasteiger partial charge in [0.05, 0.1) is 11.7 Å². The molecule has 24 heavy (non-hydrogen) atoms. The molecule has 0 saturated heterocycles. The van der Waals surface area contributed by atoms with E-state index in [9.17, 15) is 13.5 Å². The Morgan fingerprint density at radius 2 is 2.08 bits per heavy atom. The van der Waals surface area contributed by atoms with Gasteiger partial charge in [-0.05, 0) is 53.3 Å². The summed E-state index contributed by atoms with van der Waals surface area (Å²) in [7, 11) is -3.64. The van der Waals surface area contributed by atoms with Crippen molar-refractivity contribution in [1.29, 1.82) is 0 Å². The maximum Gasteiger partial charge on any atom is 0.242 e. The Hall–Kier alpha value is -1.39. The van der Waals surface area contributed by atoms with Crippen molar-refractivity contribution in [2.45, 2.75) is 23.7 Å². The average Bonchev–Trinajstić information content (AvgIpc) is 3.24. The highest BCUT2D eigenvalue weighted by Gasteiger charge is 2.20. The van der Waals surface area contributed by atoms with Gasteiger partial charge in [-0.2, -0.15) is 20.1 Å². The number of rotatable bonds is 8. The van der Waals surface area contributed by atoms with Gasteiger partial charge in [-0.3, -0.25) is 0 Å². The molecule has 0 amide bonds. The van der Waals surface area contributed by atoms with E-state index in [2.05, 4.69) is 13.5 Å². The molecule has 0 radical (unpaired) electrons. The molecule has 128 valence electrons. The molecule has 0 fully saturated rings. The highest BCUT2D eigenvalue weighted by atomic mass is 32.2. The van der Waals surface area contributed by atoms with Crippen LogP contribution in [0.15, 0.2) is 39.9 Å². The van der Waals surface area contributed by atoms with Gasteiger partial charge in [-0.1, -0.05) is 6.07 Å². The zero-order valence-corrected chi connectivity index (χ0v) is 15.2. The van der Waals surface area contributed by atoms with Crippen LogP contribution in [-0.4, -0.2) is 35.4 Å². The third-order valence-electron chi connectivity index (χ3n) is 3.82. The van der Waals surface area contributed by atoms with Crippen molar-refractivity contribution in [2.75, 3.05) is 13.2 Å². The molecule has 0 spiro atoms. The van der Waals surface area contributed by atoms with Crippen molar-refractivity contribution in [2.24, 2.45) is 0 Å². The molecule has 0 aliphatic heterocycles. The zero-order chi connectivity index (χ0) is 17.0. The predicted molar refractivity (Wildman–Crippen MR) is 96.0 cm³/mol. The standard InChI is InChI=1S/C15H17N3O3S3/c19-8-5-11(12-6-9-22-10-12)4-7-16-24(20,21)14-3-1-2-13-15(14)18-23-17-13/h1-3,6,9-11,16,19H,4-5,7-8H2. The molecule has 3 rings (SSSR count). The second kappa shape index (κ2) is 7.66. The monoisotopic (exact) mass is 383 g/mol. The second-order valence-electron chi connectivity index (χ2n) is 5.34. The topological polar surface area (TPSA) is 92.2 Å². The van der Waals surface area contributed by atoms with Gasteiger partial charge in [0.15, 0.2) is 0 Å². The van der Waals surface area contributed by atoms with Crippen LogP contribution in [0, 0.1) is 0 Å². The number of aliphatic hydroxyl groups excluding tert-OH is 1. The molecule has 2 heterocycles. The molecule has 1 unspecified atom stereocenters. The summed E-state index contributed by atoms with van der Waals surface area (Å²) in [6, 6.07) is 6.96. The fourth-order valence-electron chi connectivity index (χ4n) is 2.58. The first-order valence-corrected chi connectivity index (χ1v) is 10.6. The lowest BCUT2D eigenvalue weighted by Crippen LogP contribution is -2.26. The molecule has 1 aromatic carbocycles. The smallest absolute Gasteiger partial charge is 0.242 e. The number of hydrogen-bond acceptors (Lipinski definition) is 7. The van der Waals surface area contributed by atoms with Gasteiger partial charge in [0.1, 0.15) is 15.9 Å². The van der Waals surface area contributed by atoms with E-state index in [1.54, 1.807) is 23.5 Å². The first-order valence-electron chi connectivity index (χ1n) is 7.46. The molecule has 2 N–H and O–H groups in total. The summed E-state index contributed by atoms with van der Waals surface area (Å²) in [6.07, 6.45) is 1.24. The minimum absolute atomic E-state index is 0.0804. The van der Waals surface area contributed by atoms with E-state index in [-0.39, 0.29) is 17.4 Å². The van der Waals surface area contributed by atoms with Crippen molar-refractivity contribution < 1.29 is 13.5 Å². The quantitative estimate of drug-likeness (QED) is 0.624. The Kier molecular flexibility index (Phi) is 5.57. The number of fused-ring (bicyclic) bond motifs is 1. The number of benzene rings is 1. The van der Waals surface area contributed by atoms with Gasteiger partial charge in [-0.25, -0.2) is 13.1 Å². The summed E-state index contributed by atoms with van der Waals surface area (Å²) in [5.74, 6) is 0.140. The van der Waals surface area contributed by atoms with Gasteiger partial charge >= 0.3 is 0 Å². The largest absolute Gasteiger partial charge is 0.396 e. The van der Waals surface area contributed by atoms with Crippen molar-refractivity contribution in [3.63, 3.8) is 0 Å². The van der Waals surface area contributed by atoms with E-state index in [4.69, 9.17) is 0 Å². The fraction of sp³-hybridized carbons (Fsp3) is 0.333. The summed E-state index contributed by atoms with van der Waals surface area (Å²) in [4.78, 5) is 0.156. The van der Waals surface area contributed by atoms with E-state index in [0.29, 0.717) is 30.4 Å². The van der Waals surface area contributed by atoms with Crippen molar-refractivity contribution >= 4 is 44.1 Å². The van der Waals surface area contributed by atoms with Gasteiger partial charge in [0, 0.05) is 13.2 Å². The van der Waals surface area contributed by atoms with Gasteiger partial charge in [0.2, 0.25) is 10.0 Å². The Bertz CT molecular complexity index is 891. The minimum atomic E-state index is -3.64. The maximum atomic E-state index is 12.5. The Labute approximate surface area is 148 Å². The highest BCUT2D eigenvalue weighted by Crippen LogP contribution is 2.25. The van der Waals surface area contributed by atoms with E-state index >= 15 is 0 Å². The maximum absolute atomic E-state index is 12.5. The number of thiophene rings is 1. The van der Waals surface area contributed by atoms with Crippen molar-refractivity contribution in [3.8, 4) is 0 Å². The number of sulfonamides is 1. The molecule has 9 heteroatoms. The Morgan fingerprint density at radius 3 is 2.83 bits per heavy atom. The van der Waals surface area contributed by atoms with Crippen LogP contribution in [0.5, 0.6) is 0 Å². The number of aliphatic hydroxyl groups is 1. The molecule has 0 bridgehead atoms. The lowest BCUT2D eigenvalue weighted by atomic mass is 9.95. The SMILES string of the molecule is O=S(=O)(NCCC(CCO)c1ccsc1)c1cccc2nsnc12. The van der Waals surface area contributed by atoms with Gasteiger partial charge in [0.25, 0.3) is 0 Å². The Morgan fingerprint density at radius 1 is 1.21 bits per heavy atom. The van der Waals surface area contributed by atoms with E-state index in [1.807, 2.05) is 16.8 Å². The van der Waals surface area contributed by atoms with Gasteiger partial charge in [-0.15, -0.1) is 0 Å². The second-order valence-corrected chi connectivity index (χ2v) is 8.38. The van der Waals surface area contributed by atoms with Crippen LogP contribution in [0.3, 0.4) is 0 Å². The molecule has 2 aromatic heterocycles. The van der Waals surface area contributed by atoms with Crippen molar-refractivity contribution in [3.05, 3.63) is 40.6 Å². The summed E-state index contributed by atoms with van der Waals surface area (Å²) in [5, 5.41) is 13.2. The molecular weight excluding hydrogens is 366 g/mol. The number of nitrogens with one attached hydrogen (secondary N) is 1. The lowest BCUT2D eigenvalue weighted by Gasteiger charge is -2.15. The molecular formula is C15H17N3O3S3. The van der Waals surface area contributed by atoms with Crippen LogP contribution in [0.4, 0.5) is 0 Å². The van der Waals surface area contributed by atoms with Crippen LogP contribution in [0.1, 0.15) is 24.3 Å². The molecule has 6 nitrogen and oxygen atoms in total. The summed E-state index contributed by atoms with van der Waals surface area (Å²) < 4.78 is 35.9.